The fraction of sp³-hybridized carbons (Fsp3) is 0. The molecule has 23 heavy (non-hydrogen) atoms. The molecule has 0 saturated heterocycles. The van der Waals surface area contributed by atoms with E-state index in [-0.39, 0.29) is 87.1 Å². The zero-order valence-corrected chi connectivity index (χ0v) is 14.5. The minimum atomic E-state index is -1.75. The van der Waals surface area contributed by atoms with Crippen molar-refractivity contribution < 1.29 is 107 Å². The molecule has 0 heterocycles. The maximum Gasteiger partial charge on any atom is 4.00 e. The van der Waals surface area contributed by atoms with Gasteiger partial charge in [0.15, 0.2) is 0 Å². The van der Waals surface area contributed by atoms with Crippen molar-refractivity contribution in [3.8, 4) is 0 Å². The molecule has 128 valence electrons. The Kier molecular flexibility index (Phi) is 246. The maximum atomic E-state index is 8.25. The summed E-state index contributed by atoms with van der Waals surface area (Å²) >= 11 is 0. The predicted octanol–water partition coefficient (Wildman–Crippen LogP) is -1.44. The molecule has 0 radical (unpaired) electrons. The van der Waals surface area contributed by atoms with Crippen LogP contribution in [0.5, 0.6) is 0 Å². The van der Waals surface area contributed by atoms with Gasteiger partial charge in [-0.2, -0.15) is 0 Å². The van der Waals surface area contributed by atoms with Gasteiger partial charge in [0.2, 0.25) is 0 Å². The van der Waals surface area contributed by atoms with E-state index in [1.54, 1.807) is 0 Å². The molecule has 0 aromatic rings. The van der Waals surface area contributed by atoms with Gasteiger partial charge in [-0.3, -0.25) is 0 Å². The molecule has 0 fully saturated rings. The molecule has 0 aromatic carbocycles. The van der Waals surface area contributed by atoms with Gasteiger partial charge in [-0.05, 0) is 0 Å². The first-order valence-electron chi connectivity index (χ1n) is 2.19. The number of rotatable bonds is 0. The molecular weight excluding hydrogens is 456 g/mol. The van der Waals surface area contributed by atoms with Crippen LogP contribution in [0.2, 0.25) is 0 Å². The second kappa shape index (κ2) is 70.0. The van der Waals surface area contributed by atoms with Crippen LogP contribution in [0.4, 0.5) is 0 Å². The van der Waals surface area contributed by atoms with Crippen LogP contribution in [0.3, 0.4) is 0 Å². The fourth-order valence-corrected chi connectivity index (χ4v) is 0. The molecule has 0 atom stereocenters. The second-order valence-electron chi connectivity index (χ2n) is 0.894. The standard InChI is InChI=1S/4NO3.4O.3Ti/c4*2-1(3)4;;;;;;;/q4*-1;4*-2;3*+4. The molecule has 0 rings (SSSR count). The van der Waals surface area contributed by atoms with Crippen LogP contribution in [-0.2, 0) is 87.1 Å². The van der Waals surface area contributed by atoms with Gasteiger partial charge < -0.3 is 83.2 Å². The van der Waals surface area contributed by atoms with E-state index in [4.69, 9.17) is 61.3 Å². The minimum Gasteiger partial charge on any atom is -2.00 e. The van der Waals surface area contributed by atoms with Gasteiger partial charge in [0.05, 0.1) is 20.3 Å². The molecule has 0 aliphatic rings. The van der Waals surface area contributed by atoms with E-state index >= 15 is 0 Å². The van der Waals surface area contributed by atoms with Crippen molar-refractivity contribution in [2.45, 2.75) is 0 Å². The van der Waals surface area contributed by atoms with Crippen LogP contribution in [0.1, 0.15) is 0 Å². The van der Waals surface area contributed by atoms with E-state index in [0.29, 0.717) is 0 Å². The summed E-state index contributed by atoms with van der Waals surface area (Å²) in [5.41, 5.74) is 0. The Morgan fingerprint density at radius 2 is 0.348 bits per heavy atom. The quantitative estimate of drug-likeness (QED) is 0.230. The van der Waals surface area contributed by atoms with Gasteiger partial charge in [-0.15, -0.1) is 0 Å². The summed E-state index contributed by atoms with van der Waals surface area (Å²) in [6, 6.07) is 0. The number of hydrogen-bond donors (Lipinski definition) is 0. The third-order valence-corrected chi connectivity index (χ3v) is 0. The van der Waals surface area contributed by atoms with E-state index in [0.717, 1.165) is 0 Å². The average molecular weight is 456 g/mol. The van der Waals surface area contributed by atoms with Crippen molar-refractivity contribution >= 4 is 0 Å². The van der Waals surface area contributed by atoms with Crippen LogP contribution in [0.15, 0.2) is 0 Å². The average Bonchev–Trinajstić information content (AvgIpc) is 1.76. The molecule has 0 aliphatic heterocycles. The molecule has 0 saturated carbocycles. The van der Waals surface area contributed by atoms with Crippen LogP contribution in [0, 0.1) is 61.3 Å². The predicted molar refractivity (Wildman–Crippen MR) is 44.2 cm³/mol. The first-order chi connectivity index (χ1) is 6.93. The largest absolute Gasteiger partial charge is 4.00 e. The Balaban J connectivity index is -0.00000000842. The Morgan fingerprint density at radius 1 is 0.348 bits per heavy atom. The number of nitrogens with zero attached hydrogens (tertiary/aromatic N) is 4. The van der Waals surface area contributed by atoms with Crippen molar-refractivity contribution in [3.63, 3.8) is 0 Å². The SMILES string of the molecule is O=[N+]([O-])[O-].O=[N+]([O-])[O-].O=[N+]([O-])[O-].O=[N+]([O-])[O-].[O-2].[O-2].[O-2].[O-2].[Ti+4].[Ti+4].[Ti+4]. The summed E-state index contributed by atoms with van der Waals surface area (Å²) < 4.78 is 0. The van der Waals surface area contributed by atoms with Crippen molar-refractivity contribution in [1.29, 1.82) is 0 Å². The van der Waals surface area contributed by atoms with Gasteiger partial charge in [0.25, 0.3) is 0 Å². The van der Waals surface area contributed by atoms with Crippen LogP contribution >= 0.6 is 0 Å². The van der Waals surface area contributed by atoms with Crippen LogP contribution in [0.25, 0.3) is 0 Å². The Morgan fingerprint density at radius 3 is 0.348 bits per heavy atom. The third kappa shape index (κ3) is 4950. The van der Waals surface area contributed by atoms with Gasteiger partial charge >= 0.3 is 65.2 Å². The van der Waals surface area contributed by atoms with Gasteiger partial charge in [-0.25, -0.2) is 0 Å². The molecule has 0 N–H and O–H groups in total. The molecule has 20 nitrogen and oxygen atoms in total. The molecular formula is N4O16Ti3. The molecule has 0 bridgehead atoms. The van der Waals surface area contributed by atoms with Crippen molar-refractivity contribution in [2.24, 2.45) is 0 Å². The summed E-state index contributed by atoms with van der Waals surface area (Å²) in [7, 11) is 0. The summed E-state index contributed by atoms with van der Waals surface area (Å²) in [4.78, 5) is 33.0. The summed E-state index contributed by atoms with van der Waals surface area (Å²) in [5.74, 6) is 0. The molecule has 0 spiro atoms. The third-order valence-electron chi connectivity index (χ3n) is 0. The summed E-state index contributed by atoms with van der Waals surface area (Å²) in [5, 5.41) is 59.0. The normalized spacial score (nSPS) is 4.17. The molecule has 0 aliphatic carbocycles. The zero-order valence-electron chi connectivity index (χ0n) is 9.82. The van der Waals surface area contributed by atoms with Crippen molar-refractivity contribution in [2.75, 3.05) is 0 Å². The van der Waals surface area contributed by atoms with Gasteiger partial charge in [-0.1, -0.05) is 0 Å². The zero-order chi connectivity index (χ0) is 14.3. The molecule has 0 unspecified atom stereocenters. The van der Waals surface area contributed by atoms with Crippen molar-refractivity contribution in [1.82, 2.24) is 0 Å². The second-order valence-corrected chi connectivity index (χ2v) is 0.894. The molecule has 23 heteroatoms. The van der Waals surface area contributed by atoms with E-state index in [9.17, 15) is 0 Å². The monoisotopic (exact) mass is 456 g/mol. The van der Waals surface area contributed by atoms with E-state index in [1.807, 2.05) is 0 Å². The van der Waals surface area contributed by atoms with Crippen LogP contribution in [-0.4, -0.2) is 20.3 Å². The Labute approximate surface area is 168 Å². The Bertz CT molecular complexity index is 167. The van der Waals surface area contributed by atoms with E-state index in [1.165, 1.54) is 0 Å². The molecule has 0 aromatic heterocycles. The number of hydrogen-bond acceptors (Lipinski definition) is 12. The molecule has 0 amide bonds. The smallest absolute Gasteiger partial charge is 2.00 e. The summed E-state index contributed by atoms with van der Waals surface area (Å²) in [6.07, 6.45) is 0. The maximum absolute atomic E-state index is 8.25. The first kappa shape index (κ1) is 80.9. The van der Waals surface area contributed by atoms with Gasteiger partial charge in [0, 0.05) is 0 Å². The summed E-state index contributed by atoms with van der Waals surface area (Å²) in [6.45, 7) is 0. The topological polar surface area (TPSA) is 379 Å². The van der Waals surface area contributed by atoms with E-state index in [2.05, 4.69) is 0 Å². The fourth-order valence-electron chi connectivity index (χ4n) is 0. The van der Waals surface area contributed by atoms with E-state index < -0.39 is 20.3 Å². The van der Waals surface area contributed by atoms with Crippen LogP contribution < -0.4 is 0 Å². The minimum absolute atomic E-state index is 0. The van der Waals surface area contributed by atoms with Crippen molar-refractivity contribution in [3.05, 3.63) is 61.3 Å². The van der Waals surface area contributed by atoms with Gasteiger partial charge in [0.1, 0.15) is 0 Å². The Hall–Kier alpha value is -1.22. The first-order valence-corrected chi connectivity index (χ1v) is 2.19.